The van der Waals surface area contributed by atoms with Crippen molar-refractivity contribution in [2.24, 2.45) is 5.73 Å². The zero-order chi connectivity index (χ0) is 17.0. The average Bonchev–Trinajstić information content (AvgIpc) is 2.53. The molecule has 0 rings (SSSR count). The molecule has 0 spiro atoms. The highest BCUT2D eigenvalue weighted by molar-refractivity contribution is 4.92. The second kappa shape index (κ2) is 19.4. The van der Waals surface area contributed by atoms with Gasteiger partial charge in [0.15, 0.2) is 0 Å². The molecule has 0 heterocycles. The van der Waals surface area contributed by atoms with E-state index in [1.807, 2.05) is 6.92 Å². The molecule has 0 aromatic carbocycles. The standard InChI is InChI=1S/C21H41NO/c1-3-4-5-6-7-8-9-10-11-12-13-14-15-16-17-18-19-23-20-21(2)22/h7-8,10-11,21H,3-6,9,12-20,22H2,1-2H3/b8-7-,11-10?. The van der Waals surface area contributed by atoms with Crippen LogP contribution < -0.4 is 5.73 Å². The molecule has 0 aromatic heterocycles. The highest BCUT2D eigenvalue weighted by Crippen LogP contribution is 2.08. The fourth-order valence-electron chi connectivity index (χ4n) is 2.46. The zero-order valence-corrected chi connectivity index (χ0v) is 15.8. The molecular weight excluding hydrogens is 282 g/mol. The molecule has 2 N–H and O–H groups in total. The summed E-state index contributed by atoms with van der Waals surface area (Å²) in [4.78, 5) is 0. The van der Waals surface area contributed by atoms with Crippen LogP contribution in [-0.2, 0) is 4.74 Å². The topological polar surface area (TPSA) is 35.2 Å². The molecule has 2 heteroatoms. The summed E-state index contributed by atoms with van der Waals surface area (Å²) in [7, 11) is 0. The van der Waals surface area contributed by atoms with Gasteiger partial charge in [-0.15, -0.1) is 0 Å². The lowest BCUT2D eigenvalue weighted by atomic mass is 10.1. The van der Waals surface area contributed by atoms with Gasteiger partial charge in [0, 0.05) is 12.6 Å². The number of unbranched alkanes of at least 4 members (excludes halogenated alkanes) is 9. The molecule has 0 saturated carbocycles. The average molecular weight is 324 g/mol. The van der Waals surface area contributed by atoms with Gasteiger partial charge in [0.2, 0.25) is 0 Å². The number of rotatable bonds is 17. The molecular formula is C21H41NO. The summed E-state index contributed by atoms with van der Waals surface area (Å²) in [5, 5.41) is 0. The van der Waals surface area contributed by atoms with E-state index in [0.29, 0.717) is 6.61 Å². The lowest BCUT2D eigenvalue weighted by molar-refractivity contribution is 0.120. The van der Waals surface area contributed by atoms with Crippen LogP contribution in [-0.4, -0.2) is 19.3 Å². The molecule has 2 nitrogen and oxygen atoms in total. The summed E-state index contributed by atoms with van der Waals surface area (Å²) in [6, 6.07) is 0.166. The van der Waals surface area contributed by atoms with Crippen LogP contribution in [0.5, 0.6) is 0 Å². The van der Waals surface area contributed by atoms with E-state index in [0.717, 1.165) is 13.0 Å². The van der Waals surface area contributed by atoms with Crippen LogP contribution in [0.2, 0.25) is 0 Å². The van der Waals surface area contributed by atoms with Gasteiger partial charge in [-0.2, -0.15) is 0 Å². The minimum absolute atomic E-state index is 0.166. The number of hydrogen-bond donors (Lipinski definition) is 1. The molecule has 1 unspecified atom stereocenters. The van der Waals surface area contributed by atoms with Gasteiger partial charge in [0.25, 0.3) is 0 Å². The summed E-state index contributed by atoms with van der Waals surface area (Å²) in [6.45, 7) is 5.81. The lowest BCUT2D eigenvalue weighted by Crippen LogP contribution is -2.22. The fourth-order valence-corrected chi connectivity index (χ4v) is 2.46. The highest BCUT2D eigenvalue weighted by Gasteiger charge is 1.94. The summed E-state index contributed by atoms with van der Waals surface area (Å²) in [5.74, 6) is 0. The van der Waals surface area contributed by atoms with E-state index >= 15 is 0 Å². The summed E-state index contributed by atoms with van der Waals surface area (Å²) in [6.07, 6.45) is 24.8. The van der Waals surface area contributed by atoms with Crippen LogP contribution in [0.1, 0.15) is 90.9 Å². The van der Waals surface area contributed by atoms with E-state index in [-0.39, 0.29) is 6.04 Å². The predicted octanol–water partition coefficient (Wildman–Crippen LogP) is 6.16. The van der Waals surface area contributed by atoms with E-state index in [4.69, 9.17) is 10.5 Å². The Morgan fingerprint density at radius 2 is 1.35 bits per heavy atom. The zero-order valence-electron chi connectivity index (χ0n) is 15.8. The molecule has 0 aliphatic carbocycles. The first kappa shape index (κ1) is 22.4. The van der Waals surface area contributed by atoms with Crippen molar-refractivity contribution in [2.45, 2.75) is 96.9 Å². The summed E-state index contributed by atoms with van der Waals surface area (Å²) < 4.78 is 5.47. The van der Waals surface area contributed by atoms with Crippen molar-refractivity contribution >= 4 is 0 Å². The maximum Gasteiger partial charge on any atom is 0.0614 e. The first-order valence-electron chi connectivity index (χ1n) is 9.90. The van der Waals surface area contributed by atoms with Crippen molar-refractivity contribution in [3.05, 3.63) is 24.3 Å². The van der Waals surface area contributed by atoms with Crippen molar-refractivity contribution in [1.82, 2.24) is 0 Å². The first-order valence-corrected chi connectivity index (χ1v) is 9.90. The smallest absolute Gasteiger partial charge is 0.0614 e. The molecule has 0 radical (unpaired) electrons. The van der Waals surface area contributed by atoms with Crippen LogP contribution in [0.3, 0.4) is 0 Å². The SMILES string of the molecule is CCCCC/C=C\CC=CCCCCCCCCOCC(C)N. The van der Waals surface area contributed by atoms with Gasteiger partial charge in [-0.25, -0.2) is 0 Å². The van der Waals surface area contributed by atoms with Crippen molar-refractivity contribution < 1.29 is 4.74 Å². The van der Waals surface area contributed by atoms with Gasteiger partial charge in [0.1, 0.15) is 0 Å². The third-order valence-electron chi connectivity index (χ3n) is 3.87. The second-order valence-electron chi connectivity index (χ2n) is 6.64. The Balaban J connectivity index is 3.13. The predicted molar refractivity (Wildman–Crippen MR) is 104 cm³/mol. The highest BCUT2D eigenvalue weighted by atomic mass is 16.5. The van der Waals surface area contributed by atoms with Gasteiger partial charge in [0.05, 0.1) is 6.61 Å². The van der Waals surface area contributed by atoms with Crippen LogP contribution in [0.15, 0.2) is 24.3 Å². The maximum atomic E-state index is 5.63. The Kier molecular flexibility index (Phi) is 18.9. The maximum absolute atomic E-state index is 5.63. The molecule has 0 amide bonds. The Morgan fingerprint density at radius 3 is 1.96 bits per heavy atom. The van der Waals surface area contributed by atoms with Crippen molar-refractivity contribution in [3.63, 3.8) is 0 Å². The molecule has 0 saturated heterocycles. The van der Waals surface area contributed by atoms with Crippen molar-refractivity contribution in [1.29, 1.82) is 0 Å². The third kappa shape index (κ3) is 21.4. The fraction of sp³-hybridized carbons (Fsp3) is 0.810. The van der Waals surface area contributed by atoms with E-state index < -0.39 is 0 Å². The molecule has 23 heavy (non-hydrogen) atoms. The molecule has 136 valence electrons. The molecule has 0 aliphatic rings. The largest absolute Gasteiger partial charge is 0.380 e. The third-order valence-corrected chi connectivity index (χ3v) is 3.87. The Hall–Kier alpha value is -0.600. The van der Waals surface area contributed by atoms with E-state index in [9.17, 15) is 0 Å². The monoisotopic (exact) mass is 323 g/mol. The van der Waals surface area contributed by atoms with E-state index in [2.05, 4.69) is 31.2 Å². The first-order chi connectivity index (χ1) is 11.3. The second-order valence-corrected chi connectivity index (χ2v) is 6.64. The Bertz CT molecular complexity index is 271. The quantitative estimate of drug-likeness (QED) is 0.257. The number of ether oxygens (including phenoxy) is 1. The van der Waals surface area contributed by atoms with Crippen LogP contribution in [0.25, 0.3) is 0 Å². The normalized spacial score (nSPS) is 13.3. The minimum Gasteiger partial charge on any atom is -0.380 e. The summed E-state index contributed by atoms with van der Waals surface area (Å²) >= 11 is 0. The number of allylic oxidation sites excluding steroid dienone is 4. The van der Waals surface area contributed by atoms with Crippen LogP contribution in [0, 0.1) is 0 Å². The van der Waals surface area contributed by atoms with Gasteiger partial charge in [-0.05, 0) is 45.4 Å². The molecule has 1 atom stereocenters. The van der Waals surface area contributed by atoms with Crippen LogP contribution in [0.4, 0.5) is 0 Å². The van der Waals surface area contributed by atoms with Gasteiger partial charge < -0.3 is 10.5 Å². The van der Waals surface area contributed by atoms with Gasteiger partial charge in [-0.1, -0.05) is 69.8 Å². The van der Waals surface area contributed by atoms with E-state index in [1.165, 1.54) is 70.6 Å². The van der Waals surface area contributed by atoms with E-state index in [1.54, 1.807) is 0 Å². The van der Waals surface area contributed by atoms with Crippen LogP contribution >= 0.6 is 0 Å². The lowest BCUT2D eigenvalue weighted by Gasteiger charge is -2.06. The van der Waals surface area contributed by atoms with Gasteiger partial charge in [-0.3, -0.25) is 0 Å². The number of nitrogens with two attached hydrogens (primary N) is 1. The molecule has 0 aliphatic heterocycles. The van der Waals surface area contributed by atoms with Crippen molar-refractivity contribution in [2.75, 3.05) is 13.2 Å². The molecule has 0 aromatic rings. The molecule has 0 bridgehead atoms. The Morgan fingerprint density at radius 1 is 0.783 bits per heavy atom. The minimum atomic E-state index is 0.166. The number of hydrogen-bond acceptors (Lipinski definition) is 2. The Labute approximate surface area is 145 Å². The van der Waals surface area contributed by atoms with Crippen molar-refractivity contribution in [3.8, 4) is 0 Å². The summed E-state index contributed by atoms with van der Waals surface area (Å²) in [5.41, 5.74) is 5.63. The molecule has 0 fully saturated rings. The van der Waals surface area contributed by atoms with Gasteiger partial charge >= 0.3 is 0 Å².